The molecule has 4 nitrogen and oxygen atoms in total. The number of para-hydroxylation sites is 2. The van der Waals surface area contributed by atoms with E-state index in [4.69, 9.17) is 28.2 Å². The fourth-order valence-corrected chi connectivity index (χ4v) is 6.37. The van der Waals surface area contributed by atoms with Crippen LogP contribution < -0.4 is 10.2 Å². The van der Waals surface area contributed by atoms with Gasteiger partial charge in [0.25, 0.3) is 0 Å². The summed E-state index contributed by atoms with van der Waals surface area (Å²) < 4.78 is 0. The van der Waals surface area contributed by atoms with Crippen molar-refractivity contribution in [2.24, 2.45) is 4.99 Å². The van der Waals surface area contributed by atoms with Gasteiger partial charge in [-0.05, 0) is 96.1 Å². The van der Waals surface area contributed by atoms with Crippen LogP contribution in [0, 0.1) is 0 Å². The lowest BCUT2D eigenvalue weighted by Crippen LogP contribution is -2.33. The molecular formula is C35H29Cl2N3OS. The van der Waals surface area contributed by atoms with E-state index in [9.17, 15) is 4.79 Å². The summed E-state index contributed by atoms with van der Waals surface area (Å²) in [5.41, 5.74) is 7.43. The zero-order chi connectivity index (χ0) is 28.9. The predicted molar refractivity (Wildman–Crippen MR) is 178 cm³/mol. The number of allylic oxidation sites excluding steroid dienone is 1. The molecule has 0 bridgehead atoms. The standard InChI is InChI=1S/C35H29Cl2N3OS/c36-27-18-14-24(15-19-27)22-26-8-7-13-31-33(25-16-20-28(37)21-17-25)38-35(39-34(26)31)42-23-32(41)40(29-9-3-1-4-10-29)30-11-5-2-6-12-30/h1-6,9-12,14-22,33H,7-8,13,23H2,(H,38,39). The molecule has 1 atom stereocenters. The Hall–Kier alpha value is -3.77. The molecule has 1 unspecified atom stereocenters. The van der Waals surface area contributed by atoms with Gasteiger partial charge in [-0.1, -0.05) is 95.6 Å². The Morgan fingerprint density at radius 3 is 2.05 bits per heavy atom. The largest absolute Gasteiger partial charge is 0.335 e. The molecule has 0 saturated heterocycles. The van der Waals surface area contributed by atoms with Gasteiger partial charge >= 0.3 is 0 Å². The lowest BCUT2D eigenvalue weighted by atomic mass is 9.84. The summed E-state index contributed by atoms with van der Waals surface area (Å²) in [6, 6.07) is 35.2. The lowest BCUT2D eigenvalue weighted by molar-refractivity contribution is -0.115. The zero-order valence-electron chi connectivity index (χ0n) is 22.8. The molecule has 1 N–H and O–H groups in total. The van der Waals surface area contributed by atoms with Crippen LogP contribution in [0.2, 0.25) is 10.0 Å². The van der Waals surface area contributed by atoms with Gasteiger partial charge in [0.15, 0.2) is 5.17 Å². The van der Waals surface area contributed by atoms with Crippen LogP contribution in [0.4, 0.5) is 11.4 Å². The number of amidine groups is 1. The van der Waals surface area contributed by atoms with E-state index in [2.05, 4.69) is 11.4 Å². The van der Waals surface area contributed by atoms with Crippen molar-refractivity contribution in [2.75, 3.05) is 10.7 Å². The summed E-state index contributed by atoms with van der Waals surface area (Å²) in [6.45, 7) is 0. The second-order valence-corrected chi connectivity index (χ2v) is 12.0. The van der Waals surface area contributed by atoms with Crippen molar-refractivity contribution in [1.29, 1.82) is 0 Å². The molecule has 0 aromatic heterocycles. The highest BCUT2D eigenvalue weighted by Gasteiger charge is 2.30. The third-order valence-electron chi connectivity index (χ3n) is 7.35. The van der Waals surface area contributed by atoms with Crippen LogP contribution >= 0.6 is 35.0 Å². The molecule has 4 aromatic carbocycles. The number of hydrogen-bond donors (Lipinski definition) is 1. The Kier molecular flexibility index (Phi) is 8.80. The number of anilines is 2. The predicted octanol–water partition coefficient (Wildman–Crippen LogP) is 9.61. The van der Waals surface area contributed by atoms with Gasteiger partial charge in [-0.3, -0.25) is 9.69 Å². The Balaban J connectivity index is 1.31. The van der Waals surface area contributed by atoms with Gasteiger partial charge in [0, 0.05) is 27.1 Å². The first-order valence-corrected chi connectivity index (χ1v) is 15.6. The number of benzene rings is 4. The molecular weight excluding hydrogens is 581 g/mol. The Labute approximate surface area is 260 Å². The number of rotatable bonds is 6. The maximum absolute atomic E-state index is 13.8. The molecule has 1 heterocycles. The summed E-state index contributed by atoms with van der Waals surface area (Å²) in [4.78, 5) is 20.7. The topological polar surface area (TPSA) is 44.7 Å². The smallest absolute Gasteiger partial charge is 0.242 e. The number of halogens is 2. The van der Waals surface area contributed by atoms with Crippen molar-refractivity contribution in [3.8, 4) is 0 Å². The number of carbonyl (C=O) groups is 1. The van der Waals surface area contributed by atoms with Crippen molar-refractivity contribution in [3.05, 3.63) is 147 Å². The van der Waals surface area contributed by atoms with Crippen LogP contribution in [0.25, 0.3) is 6.08 Å². The van der Waals surface area contributed by atoms with Crippen molar-refractivity contribution >= 4 is 63.5 Å². The summed E-state index contributed by atoms with van der Waals surface area (Å²) in [5.74, 6) is 0.201. The average molecular weight is 611 g/mol. The van der Waals surface area contributed by atoms with Crippen LogP contribution in [0.1, 0.15) is 36.4 Å². The first-order valence-electron chi connectivity index (χ1n) is 13.9. The van der Waals surface area contributed by atoms with E-state index < -0.39 is 0 Å². The molecule has 210 valence electrons. The molecule has 2 aliphatic rings. The highest BCUT2D eigenvalue weighted by Crippen LogP contribution is 2.42. The summed E-state index contributed by atoms with van der Waals surface area (Å²) >= 11 is 13.8. The van der Waals surface area contributed by atoms with Gasteiger partial charge in [-0.25, -0.2) is 4.99 Å². The fraction of sp³-hybridized carbons (Fsp3) is 0.143. The lowest BCUT2D eigenvalue weighted by Gasteiger charge is -2.33. The van der Waals surface area contributed by atoms with Crippen molar-refractivity contribution in [3.63, 3.8) is 0 Å². The third-order valence-corrected chi connectivity index (χ3v) is 8.73. The number of nitrogens with one attached hydrogen (secondary N) is 1. The molecule has 1 aliphatic carbocycles. The van der Waals surface area contributed by atoms with E-state index in [1.165, 1.54) is 22.9 Å². The van der Waals surface area contributed by atoms with Gasteiger partial charge < -0.3 is 5.32 Å². The molecule has 0 spiro atoms. The van der Waals surface area contributed by atoms with E-state index in [1.807, 2.05) is 109 Å². The van der Waals surface area contributed by atoms with Crippen molar-refractivity contribution in [1.82, 2.24) is 5.32 Å². The van der Waals surface area contributed by atoms with Crippen molar-refractivity contribution < 1.29 is 4.79 Å². The minimum Gasteiger partial charge on any atom is -0.335 e. The molecule has 42 heavy (non-hydrogen) atoms. The van der Waals surface area contributed by atoms with Gasteiger partial charge in [-0.15, -0.1) is 0 Å². The van der Waals surface area contributed by atoms with E-state index in [0.29, 0.717) is 5.02 Å². The number of thioether (sulfide) groups is 1. The fourth-order valence-electron chi connectivity index (χ4n) is 5.38. The Morgan fingerprint density at radius 1 is 0.833 bits per heavy atom. The van der Waals surface area contributed by atoms with Gasteiger partial charge in [0.2, 0.25) is 5.91 Å². The van der Waals surface area contributed by atoms with E-state index >= 15 is 0 Å². The minimum absolute atomic E-state index is 0.0229. The maximum atomic E-state index is 13.8. The number of amides is 1. The molecule has 6 rings (SSSR count). The second-order valence-electron chi connectivity index (χ2n) is 10.2. The van der Waals surface area contributed by atoms with Crippen LogP contribution in [-0.4, -0.2) is 16.8 Å². The SMILES string of the molecule is O=C(CSC1=NC(c2ccc(Cl)cc2)C2=C(N1)C(=Cc1ccc(Cl)cc1)CCC2)N(c1ccccc1)c1ccccc1. The van der Waals surface area contributed by atoms with Crippen LogP contribution in [0.5, 0.6) is 0 Å². The van der Waals surface area contributed by atoms with Gasteiger partial charge in [0.05, 0.1) is 5.75 Å². The third kappa shape index (κ3) is 6.49. The average Bonchev–Trinajstić information content (AvgIpc) is 3.03. The second kappa shape index (κ2) is 13.0. The number of hydrogen-bond acceptors (Lipinski definition) is 4. The normalized spacial score (nSPS) is 17.3. The molecule has 0 saturated carbocycles. The van der Waals surface area contributed by atoms with Gasteiger partial charge in [0.1, 0.15) is 6.04 Å². The van der Waals surface area contributed by atoms with E-state index in [1.54, 1.807) is 4.90 Å². The maximum Gasteiger partial charge on any atom is 0.242 e. The molecule has 0 radical (unpaired) electrons. The van der Waals surface area contributed by atoms with Gasteiger partial charge in [-0.2, -0.15) is 0 Å². The van der Waals surface area contributed by atoms with Crippen molar-refractivity contribution in [2.45, 2.75) is 25.3 Å². The highest BCUT2D eigenvalue weighted by molar-refractivity contribution is 8.14. The molecule has 7 heteroatoms. The monoisotopic (exact) mass is 609 g/mol. The quantitative estimate of drug-likeness (QED) is 0.237. The van der Waals surface area contributed by atoms with Crippen LogP contribution in [-0.2, 0) is 4.79 Å². The number of aliphatic imine (C=N–C) groups is 1. The molecule has 1 aliphatic heterocycles. The van der Waals surface area contributed by atoms with Crippen LogP contribution in [0.3, 0.4) is 0 Å². The van der Waals surface area contributed by atoms with E-state index in [0.717, 1.165) is 57.7 Å². The Bertz CT molecular complexity index is 1610. The molecule has 0 fully saturated rings. The van der Waals surface area contributed by atoms with E-state index in [-0.39, 0.29) is 17.7 Å². The molecule has 1 amide bonds. The number of nitrogens with zero attached hydrogens (tertiary/aromatic N) is 2. The first-order chi connectivity index (χ1) is 20.5. The molecule has 4 aromatic rings. The first kappa shape index (κ1) is 28.4. The summed E-state index contributed by atoms with van der Waals surface area (Å²) in [6.07, 6.45) is 5.17. The Morgan fingerprint density at radius 2 is 1.43 bits per heavy atom. The summed E-state index contributed by atoms with van der Waals surface area (Å²) in [5, 5.41) is 5.76. The summed E-state index contributed by atoms with van der Waals surface area (Å²) in [7, 11) is 0. The highest BCUT2D eigenvalue weighted by atomic mass is 35.5. The van der Waals surface area contributed by atoms with Crippen LogP contribution in [0.15, 0.2) is 131 Å². The zero-order valence-corrected chi connectivity index (χ0v) is 25.2. The number of carbonyl (C=O) groups excluding carboxylic acids is 1. The minimum atomic E-state index is -0.149.